The predicted octanol–water partition coefficient (Wildman–Crippen LogP) is 2.83. The van der Waals surface area contributed by atoms with E-state index in [0.717, 1.165) is 33.0 Å². The highest BCUT2D eigenvalue weighted by Crippen LogP contribution is 2.34. The quantitative estimate of drug-likeness (QED) is 0.943. The average molecular weight is 324 g/mol. The van der Waals surface area contributed by atoms with Crippen LogP contribution in [0.5, 0.6) is 11.5 Å². The number of ether oxygens (including phenoxy) is 2. The van der Waals surface area contributed by atoms with Crippen LogP contribution in [0.4, 0.5) is 5.69 Å². The highest BCUT2D eigenvalue weighted by molar-refractivity contribution is 9.10. The lowest BCUT2D eigenvalue weighted by Crippen LogP contribution is -2.05. The second-order valence-electron chi connectivity index (χ2n) is 4.39. The summed E-state index contributed by atoms with van der Waals surface area (Å²) >= 11 is 3.56. The molecule has 2 aromatic rings. The molecule has 0 aliphatic carbocycles. The van der Waals surface area contributed by atoms with E-state index in [2.05, 4.69) is 26.3 Å². The van der Waals surface area contributed by atoms with Crippen molar-refractivity contribution < 1.29 is 9.47 Å². The van der Waals surface area contributed by atoms with E-state index >= 15 is 0 Å². The van der Waals surface area contributed by atoms with Crippen LogP contribution in [0.2, 0.25) is 0 Å². The molecular formula is C13H14BrN3O2. The fourth-order valence-electron chi connectivity index (χ4n) is 2.06. The molecule has 0 fully saturated rings. The van der Waals surface area contributed by atoms with Gasteiger partial charge in [-0.15, -0.1) is 0 Å². The van der Waals surface area contributed by atoms with E-state index in [1.54, 1.807) is 0 Å². The molecule has 1 aromatic carbocycles. The van der Waals surface area contributed by atoms with Gasteiger partial charge in [-0.3, -0.25) is 4.68 Å². The summed E-state index contributed by atoms with van der Waals surface area (Å²) in [6, 6.07) is 5.83. The molecule has 1 aliphatic heterocycles. The largest absolute Gasteiger partial charge is 0.454 e. The van der Waals surface area contributed by atoms with E-state index in [9.17, 15) is 0 Å². The SMILES string of the molecule is Cc1nn(C)c(CNc2ccc3c(c2)OCO3)c1Br. The van der Waals surface area contributed by atoms with Crippen LogP contribution in [-0.4, -0.2) is 16.6 Å². The summed E-state index contributed by atoms with van der Waals surface area (Å²) in [5.41, 5.74) is 3.09. The Morgan fingerprint density at radius 2 is 2.16 bits per heavy atom. The number of anilines is 1. The normalized spacial score (nSPS) is 12.8. The van der Waals surface area contributed by atoms with Gasteiger partial charge in [0.05, 0.1) is 22.4 Å². The molecule has 1 N–H and O–H groups in total. The Labute approximate surface area is 119 Å². The number of rotatable bonds is 3. The number of aryl methyl sites for hydroxylation is 2. The summed E-state index contributed by atoms with van der Waals surface area (Å²) in [6.45, 7) is 2.97. The van der Waals surface area contributed by atoms with Crippen LogP contribution in [0.3, 0.4) is 0 Å². The van der Waals surface area contributed by atoms with Gasteiger partial charge in [0.1, 0.15) is 0 Å². The molecule has 0 unspecified atom stereocenters. The molecule has 19 heavy (non-hydrogen) atoms. The Kier molecular flexibility index (Phi) is 3.10. The number of aromatic nitrogens is 2. The smallest absolute Gasteiger partial charge is 0.231 e. The van der Waals surface area contributed by atoms with Gasteiger partial charge in [-0.25, -0.2) is 0 Å². The van der Waals surface area contributed by atoms with E-state index in [0.29, 0.717) is 13.3 Å². The summed E-state index contributed by atoms with van der Waals surface area (Å²) in [4.78, 5) is 0. The number of halogens is 1. The number of benzene rings is 1. The van der Waals surface area contributed by atoms with Gasteiger partial charge in [0.15, 0.2) is 11.5 Å². The highest BCUT2D eigenvalue weighted by atomic mass is 79.9. The maximum atomic E-state index is 5.35. The molecule has 0 spiro atoms. The molecular weight excluding hydrogens is 310 g/mol. The summed E-state index contributed by atoms with van der Waals surface area (Å²) in [6.07, 6.45) is 0. The summed E-state index contributed by atoms with van der Waals surface area (Å²) in [5.74, 6) is 1.58. The number of hydrogen-bond acceptors (Lipinski definition) is 4. The fourth-order valence-corrected chi connectivity index (χ4v) is 2.54. The molecule has 100 valence electrons. The Morgan fingerprint density at radius 1 is 1.37 bits per heavy atom. The maximum absolute atomic E-state index is 5.35. The van der Waals surface area contributed by atoms with Crippen LogP contribution >= 0.6 is 15.9 Å². The van der Waals surface area contributed by atoms with Crippen molar-refractivity contribution in [3.8, 4) is 11.5 Å². The second kappa shape index (κ2) is 4.77. The van der Waals surface area contributed by atoms with Crippen molar-refractivity contribution >= 4 is 21.6 Å². The van der Waals surface area contributed by atoms with Crippen molar-refractivity contribution in [1.82, 2.24) is 9.78 Å². The van der Waals surface area contributed by atoms with Crippen LogP contribution in [0, 0.1) is 6.92 Å². The maximum Gasteiger partial charge on any atom is 0.231 e. The van der Waals surface area contributed by atoms with Gasteiger partial charge in [0.2, 0.25) is 6.79 Å². The van der Waals surface area contributed by atoms with Crippen molar-refractivity contribution in [3.63, 3.8) is 0 Å². The van der Waals surface area contributed by atoms with Crippen molar-refractivity contribution in [2.75, 3.05) is 12.1 Å². The third-order valence-corrected chi connectivity index (χ3v) is 4.13. The first-order valence-electron chi connectivity index (χ1n) is 5.96. The fraction of sp³-hybridized carbons (Fsp3) is 0.308. The first-order valence-corrected chi connectivity index (χ1v) is 6.76. The zero-order valence-corrected chi connectivity index (χ0v) is 12.3. The lowest BCUT2D eigenvalue weighted by Gasteiger charge is -2.08. The third-order valence-electron chi connectivity index (χ3n) is 3.09. The Balaban J connectivity index is 1.76. The van der Waals surface area contributed by atoms with E-state index < -0.39 is 0 Å². The minimum Gasteiger partial charge on any atom is -0.454 e. The lowest BCUT2D eigenvalue weighted by molar-refractivity contribution is 0.174. The van der Waals surface area contributed by atoms with Gasteiger partial charge >= 0.3 is 0 Å². The Bertz CT molecular complexity index is 625. The molecule has 6 heteroatoms. The minimum atomic E-state index is 0.297. The highest BCUT2D eigenvalue weighted by Gasteiger charge is 2.14. The summed E-state index contributed by atoms with van der Waals surface area (Å²) < 4.78 is 13.6. The first-order chi connectivity index (χ1) is 9.15. The monoisotopic (exact) mass is 323 g/mol. The molecule has 0 radical (unpaired) electrons. The van der Waals surface area contributed by atoms with Crippen LogP contribution in [0.15, 0.2) is 22.7 Å². The second-order valence-corrected chi connectivity index (χ2v) is 5.18. The first kappa shape index (κ1) is 12.3. The predicted molar refractivity (Wildman–Crippen MR) is 75.5 cm³/mol. The molecule has 5 nitrogen and oxygen atoms in total. The van der Waals surface area contributed by atoms with Crippen LogP contribution in [0.1, 0.15) is 11.4 Å². The summed E-state index contributed by atoms with van der Waals surface area (Å²) in [5, 5.41) is 7.73. The molecule has 3 rings (SSSR count). The lowest BCUT2D eigenvalue weighted by atomic mass is 10.2. The molecule has 0 bridgehead atoms. The molecule has 0 saturated carbocycles. The van der Waals surface area contributed by atoms with Crippen molar-refractivity contribution in [1.29, 1.82) is 0 Å². The Hall–Kier alpha value is -1.69. The van der Waals surface area contributed by atoms with Crippen molar-refractivity contribution in [2.45, 2.75) is 13.5 Å². The molecule has 1 aromatic heterocycles. The molecule has 0 atom stereocenters. The van der Waals surface area contributed by atoms with Crippen LogP contribution in [0.25, 0.3) is 0 Å². The Morgan fingerprint density at radius 3 is 2.89 bits per heavy atom. The van der Waals surface area contributed by atoms with Gasteiger partial charge in [0.25, 0.3) is 0 Å². The summed E-state index contributed by atoms with van der Waals surface area (Å²) in [7, 11) is 1.94. The topological polar surface area (TPSA) is 48.3 Å². The van der Waals surface area contributed by atoms with Gasteiger partial charge < -0.3 is 14.8 Å². The van der Waals surface area contributed by atoms with E-state index in [1.165, 1.54) is 0 Å². The number of nitrogens with one attached hydrogen (secondary N) is 1. The van der Waals surface area contributed by atoms with Gasteiger partial charge in [-0.1, -0.05) is 0 Å². The standard InChI is InChI=1S/C13H14BrN3O2/c1-8-13(14)10(17(2)16-8)6-15-9-3-4-11-12(5-9)19-7-18-11/h3-5,15H,6-7H2,1-2H3. The molecule has 1 aliphatic rings. The van der Waals surface area contributed by atoms with Crippen molar-refractivity contribution in [3.05, 3.63) is 34.1 Å². The number of fused-ring (bicyclic) bond motifs is 1. The minimum absolute atomic E-state index is 0.297. The average Bonchev–Trinajstić information content (AvgIpc) is 2.94. The zero-order chi connectivity index (χ0) is 13.4. The van der Waals surface area contributed by atoms with Crippen molar-refractivity contribution in [2.24, 2.45) is 7.05 Å². The van der Waals surface area contributed by atoms with Gasteiger partial charge in [-0.05, 0) is 35.0 Å². The molecule has 0 amide bonds. The number of hydrogen-bond donors (Lipinski definition) is 1. The van der Waals surface area contributed by atoms with E-state index in [4.69, 9.17) is 9.47 Å². The number of nitrogens with zero attached hydrogens (tertiary/aromatic N) is 2. The van der Waals surface area contributed by atoms with Gasteiger partial charge in [-0.2, -0.15) is 5.10 Å². The molecule has 0 saturated heterocycles. The van der Waals surface area contributed by atoms with Crippen LogP contribution in [-0.2, 0) is 13.6 Å². The van der Waals surface area contributed by atoms with E-state index in [-0.39, 0.29) is 0 Å². The van der Waals surface area contributed by atoms with Crippen LogP contribution < -0.4 is 14.8 Å². The zero-order valence-electron chi connectivity index (χ0n) is 10.7. The van der Waals surface area contributed by atoms with Gasteiger partial charge in [0, 0.05) is 18.8 Å². The molecule has 2 heterocycles. The third kappa shape index (κ3) is 2.28. The van der Waals surface area contributed by atoms with E-state index in [1.807, 2.05) is 36.9 Å².